The third kappa shape index (κ3) is 2.12. The summed E-state index contributed by atoms with van der Waals surface area (Å²) in [6.45, 7) is 2.02. The van der Waals surface area contributed by atoms with Gasteiger partial charge in [-0.15, -0.1) is 0 Å². The molecule has 78 valence electrons. The lowest BCUT2D eigenvalue weighted by Gasteiger charge is -2.05. The molecule has 0 amide bonds. The predicted octanol–water partition coefficient (Wildman–Crippen LogP) is 3.69. The molecule has 16 heavy (non-hydrogen) atoms. The molecule has 0 saturated carbocycles. The molecule has 0 spiro atoms. The van der Waals surface area contributed by atoms with Crippen molar-refractivity contribution in [3.8, 4) is 17.3 Å². The Hall–Kier alpha value is -1.66. The van der Waals surface area contributed by atoms with Crippen molar-refractivity contribution in [3.63, 3.8) is 0 Å². The minimum absolute atomic E-state index is 0.665. The fourth-order valence-corrected chi connectivity index (χ4v) is 1.99. The average Bonchev–Trinajstić information content (AvgIpc) is 2.29. The molecule has 0 aliphatic carbocycles. The highest BCUT2D eigenvalue weighted by Gasteiger charge is 2.03. The van der Waals surface area contributed by atoms with E-state index in [0.717, 1.165) is 21.3 Å². The topological polar surface area (TPSA) is 36.7 Å². The van der Waals surface area contributed by atoms with Gasteiger partial charge >= 0.3 is 0 Å². The number of halogens is 1. The molecule has 2 nitrogen and oxygen atoms in total. The smallest absolute Gasteiger partial charge is 0.0991 e. The Morgan fingerprint density at radius 1 is 1.25 bits per heavy atom. The van der Waals surface area contributed by atoms with Gasteiger partial charge in [-0.3, -0.25) is 4.98 Å². The van der Waals surface area contributed by atoms with Crippen LogP contribution in [0.1, 0.15) is 11.1 Å². The zero-order chi connectivity index (χ0) is 11.5. The van der Waals surface area contributed by atoms with Crippen LogP contribution in [-0.4, -0.2) is 4.98 Å². The van der Waals surface area contributed by atoms with Crippen molar-refractivity contribution in [2.45, 2.75) is 6.92 Å². The molecule has 1 heterocycles. The number of rotatable bonds is 1. The fraction of sp³-hybridized carbons (Fsp3) is 0.0769. The highest BCUT2D eigenvalue weighted by atomic mass is 79.9. The first kappa shape index (κ1) is 10.8. The first-order chi connectivity index (χ1) is 7.70. The Bertz CT molecular complexity index is 553. The Morgan fingerprint density at radius 2 is 1.94 bits per heavy atom. The maximum atomic E-state index is 8.72. The molecule has 0 bridgehead atoms. The lowest BCUT2D eigenvalue weighted by atomic mass is 10.1. The summed E-state index contributed by atoms with van der Waals surface area (Å²) in [6, 6.07) is 11.6. The first-order valence-electron chi connectivity index (χ1n) is 4.83. The van der Waals surface area contributed by atoms with Gasteiger partial charge in [0.2, 0.25) is 0 Å². The standard InChI is InChI=1S/C13H9BrN2/c1-9-6-12(14)8-16-13(9)11-4-2-10(7-15)3-5-11/h2-6,8H,1H3. The fourth-order valence-electron chi connectivity index (χ4n) is 1.55. The molecule has 1 aromatic carbocycles. The third-order valence-corrected chi connectivity index (χ3v) is 2.77. The van der Waals surface area contributed by atoms with Crippen molar-refractivity contribution in [1.29, 1.82) is 5.26 Å². The molecular weight excluding hydrogens is 264 g/mol. The van der Waals surface area contributed by atoms with Crippen molar-refractivity contribution in [3.05, 3.63) is 52.1 Å². The molecule has 0 atom stereocenters. The molecule has 2 rings (SSSR count). The molecule has 0 fully saturated rings. The molecule has 0 aliphatic heterocycles. The molecular formula is C13H9BrN2. The van der Waals surface area contributed by atoms with Gasteiger partial charge in [-0.2, -0.15) is 5.26 Å². The van der Waals surface area contributed by atoms with E-state index in [1.165, 1.54) is 0 Å². The monoisotopic (exact) mass is 272 g/mol. The number of aryl methyl sites for hydroxylation is 1. The van der Waals surface area contributed by atoms with E-state index >= 15 is 0 Å². The van der Waals surface area contributed by atoms with Crippen LogP contribution in [0.25, 0.3) is 11.3 Å². The zero-order valence-corrected chi connectivity index (χ0v) is 10.3. The molecule has 0 aliphatic rings. The van der Waals surface area contributed by atoms with Gasteiger partial charge in [-0.1, -0.05) is 12.1 Å². The van der Waals surface area contributed by atoms with E-state index in [0.29, 0.717) is 5.56 Å². The molecule has 1 aromatic heterocycles. The normalized spacial score (nSPS) is 9.81. The van der Waals surface area contributed by atoms with Gasteiger partial charge in [0.05, 0.1) is 17.3 Å². The Labute approximate surface area is 103 Å². The number of pyridine rings is 1. The van der Waals surface area contributed by atoms with Gasteiger partial charge in [0.1, 0.15) is 0 Å². The Kier molecular flexibility index (Phi) is 3.02. The van der Waals surface area contributed by atoms with Crippen LogP contribution in [0.5, 0.6) is 0 Å². The average molecular weight is 273 g/mol. The van der Waals surface area contributed by atoms with Crippen LogP contribution in [0.2, 0.25) is 0 Å². The van der Waals surface area contributed by atoms with E-state index < -0.39 is 0 Å². The minimum Gasteiger partial charge on any atom is -0.255 e. The largest absolute Gasteiger partial charge is 0.255 e. The van der Waals surface area contributed by atoms with Crippen molar-refractivity contribution < 1.29 is 0 Å². The third-order valence-electron chi connectivity index (χ3n) is 2.33. The lowest BCUT2D eigenvalue weighted by molar-refractivity contribution is 1.25. The first-order valence-corrected chi connectivity index (χ1v) is 5.62. The van der Waals surface area contributed by atoms with Crippen LogP contribution in [0.4, 0.5) is 0 Å². The summed E-state index contributed by atoms with van der Waals surface area (Å²) in [5, 5.41) is 8.72. The van der Waals surface area contributed by atoms with Crippen LogP contribution in [0, 0.1) is 18.3 Å². The number of benzene rings is 1. The Morgan fingerprint density at radius 3 is 2.50 bits per heavy atom. The lowest BCUT2D eigenvalue weighted by Crippen LogP contribution is -1.88. The van der Waals surface area contributed by atoms with Crippen molar-refractivity contribution in [2.24, 2.45) is 0 Å². The minimum atomic E-state index is 0.665. The molecule has 2 aromatic rings. The van der Waals surface area contributed by atoms with E-state index in [4.69, 9.17) is 5.26 Å². The molecule has 3 heteroatoms. The van der Waals surface area contributed by atoms with Crippen molar-refractivity contribution in [1.82, 2.24) is 4.98 Å². The van der Waals surface area contributed by atoms with E-state index in [9.17, 15) is 0 Å². The summed E-state index contributed by atoms with van der Waals surface area (Å²) in [5.41, 5.74) is 3.76. The maximum Gasteiger partial charge on any atom is 0.0991 e. The molecule has 0 saturated heterocycles. The predicted molar refractivity (Wildman–Crippen MR) is 66.8 cm³/mol. The van der Waals surface area contributed by atoms with Gasteiger partial charge in [0.15, 0.2) is 0 Å². The summed E-state index contributed by atoms with van der Waals surface area (Å²) in [6.07, 6.45) is 1.78. The van der Waals surface area contributed by atoms with Crippen LogP contribution in [0.3, 0.4) is 0 Å². The molecule has 0 unspecified atom stereocenters. The number of hydrogen-bond acceptors (Lipinski definition) is 2. The van der Waals surface area contributed by atoms with Crippen LogP contribution >= 0.6 is 15.9 Å². The van der Waals surface area contributed by atoms with Gasteiger partial charge in [0.25, 0.3) is 0 Å². The van der Waals surface area contributed by atoms with E-state index in [1.54, 1.807) is 18.3 Å². The SMILES string of the molecule is Cc1cc(Br)cnc1-c1ccc(C#N)cc1. The quantitative estimate of drug-likeness (QED) is 0.794. The number of nitriles is 1. The summed E-state index contributed by atoms with van der Waals surface area (Å²) in [5.74, 6) is 0. The van der Waals surface area contributed by atoms with Crippen LogP contribution in [0.15, 0.2) is 41.0 Å². The highest BCUT2D eigenvalue weighted by molar-refractivity contribution is 9.10. The van der Waals surface area contributed by atoms with Crippen molar-refractivity contribution >= 4 is 15.9 Å². The van der Waals surface area contributed by atoms with Crippen molar-refractivity contribution in [2.75, 3.05) is 0 Å². The second-order valence-electron chi connectivity index (χ2n) is 3.51. The van der Waals surface area contributed by atoms with E-state index in [1.807, 2.05) is 25.1 Å². The van der Waals surface area contributed by atoms with E-state index in [2.05, 4.69) is 27.0 Å². The van der Waals surface area contributed by atoms with Gasteiger partial charge in [0, 0.05) is 16.2 Å². The zero-order valence-electron chi connectivity index (χ0n) is 8.74. The number of aromatic nitrogens is 1. The second kappa shape index (κ2) is 4.46. The van der Waals surface area contributed by atoms with E-state index in [-0.39, 0.29) is 0 Å². The number of hydrogen-bond donors (Lipinski definition) is 0. The summed E-state index contributed by atoms with van der Waals surface area (Å²) in [7, 11) is 0. The van der Waals surface area contributed by atoms with Crippen LogP contribution < -0.4 is 0 Å². The summed E-state index contributed by atoms with van der Waals surface area (Å²) >= 11 is 3.39. The summed E-state index contributed by atoms with van der Waals surface area (Å²) in [4.78, 5) is 4.37. The van der Waals surface area contributed by atoms with Gasteiger partial charge in [-0.25, -0.2) is 0 Å². The highest BCUT2D eigenvalue weighted by Crippen LogP contribution is 2.23. The molecule has 0 radical (unpaired) electrons. The maximum absolute atomic E-state index is 8.72. The van der Waals surface area contributed by atoms with Gasteiger partial charge in [-0.05, 0) is 46.6 Å². The van der Waals surface area contributed by atoms with Gasteiger partial charge < -0.3 is 0 Å². The Balaban J connectivity index is 2.47. The number of nitrogens with zero attached hydrogens (tertiary/aromatic N) is 2. The van der Waals surface area contributed by atoms with Crippen LogP contribution in [-0.2, 0) is 0 Å². The summed E-state index contributed by atoms with van der Waals surface area (Å²) < 4.78 is 0.974. The second-order valence-corrected chi connectivity index (χ2v) is 4.42. The molecule has 0 N–H and O–H groups in total.